The summed E-state index contributed by atoms with van der Waals surface area (Å²) in [4.78, 5) is 11.3. The molecule has 0 saturated carbocycles. The third-order valence-corrected chi connectivity index (χ3v) is 2.04. The highest BCUT2D eigenvalue weighted by atomic mass is 32.2. The first kappa shape index (κ1) is 19.4. The summed E-state index contributed by atoms with van der Waals surface area (Å²) in [5.74, 6) is -0.114. The van der Waals surface area contributed by atoms with Crippen molar-refractivity contribution in [2.45, 2.75) is 26.9 Å². The molecule has 0 atom stereocenters. The van der Waals surface area contributed by atoms with Gasteiger partial charge in [-0.3, -0.25) is 4.79 Å². The number of aromatic nitrogens is 2. The fraction of sp³-hybridized carbons (Fsp3) is 0.636. The summed E-state index contributed by atoms with van der Waals surface area (Å²) in [5, 5.41) is 2.94. The molecule has 1 rings (SSSR count). The first-order valence-corrected chi connectivity index (χ1v) is 7.60. The minimum absolute atomic E-state index is 0.239. The molecule has 0 aliphatic carbocycles. The van der Waals surface area contributed by atoms with Gasteiger partial charge in [0, 0.05) is 13.1 Å². The second-order valence-corrected chi connectivity index (χ2v) is 6.41. The molecule has 0 aromatic carbocycles. The van der Waals surface area contributed by atoms with Crippen LogP contribution in [0.2, 0.25) is 0 Å². The predicted octanol–water partition coefficient (Wildman–Crippen LogP) is 1.80. The standard InChI is InChI=1S/C7H7F3N2O4S.C4H10/c1-12-6(13)4(16-17(2,14)15)3-5(11-12)7(8,9)10;1-4(2)3/h3H,1-2H3;4H,1-3H3. The number of hydrogen-bond donors (Lipinski definition) is 0. The summed E-state index contributed by atoms with van der Waals surface area (Å²) in [6.45, 7) is 6.50. The maximum absolute atomic E-state index is 12.3. The van der Waals surface area contributed by atoms with Crippen LogP contribution in [0.3, 0.4) is 0 Å². The van der Waals surface area contributed by atoms with E-state index >= 15 is 0 Å². The molecular formula is C11H17F3N2O4S. The minimum atomic E-state index is -4.80. The third-order valence-electron chi connectivity index (χ3n) is 1.56. The molecule has 0 N–H and O–H groups in total. The van der Waals surface area contributed by atoms with Gasteiger partial charge in [-0.25, -0.2) is 4.68 Å². The van der Waals surface area contributed by atoms with E-state index in [9.17, 15) is 26.4 Å². The van der Waals surface area contributed by atoms with E-state index in [0.29, 0.717) is 10.9 Å². The van der Waals surface area contributed by atoms with Crippen molar-refractivity contribution in [2.24, 2.45) is 13.0 Å². The molecule has 0 amide bonds. The molecule has 0 spiro atoms. The number of rotatable bonds is 2. The zero-order chi connectivity index (χ0) is 17.0. The van der Waals surface area contributed by atoms with Gasteiger partial charge in [0.15, 0.2) is 5.69 Å². The first-order chi connectivity index (χ1) is 9.24. The van der Waals surface area contributed by atoms with Crippen LogP contribution < -0.4 is 9.74 Å². The van der Waals surface area contributed by atoms with E-state index < -0.39 is 33.3 Å². The summed E-state index contributed by atoms with van der Waals surface area (Å²) >= 11 is 0. The molecule has 122 valence electrons. The molecule has 10 heteroatoms. The van der Waals surface area contributed by atoms with Crippen molar-refractivity contribution >= 4 is 10.1 Å². The Bertz CT molecular complexity index is 633. The summed E-state index contributed by atoms with van der Waals surface area (Å²) in [7, 11) is -3.14. The Morgan fingerprint density at radius 1 is 1.29 bits per heavy atom. The van der Waals surface area contributed by atoms with Gasteiger partial charge in [0.2, 0.25) is 5.75 Å². The average Bonchev–Trinajstić information content (AvgIpc) is 2.20. The topological polar surface area (TPSA) is 78.3 Å². The van der Waals surface area contributed by atoms with E-state index in [1.807, 2.05) is 0 Å². The van der Waals surface area contributed by atoms with E-state index in [4.69, 9.17) is 0 Å². The lowest BCUT2D eigenvalue weighted by molar-refractivity contribution is -0.142. The first-order valence-electron chi connectivity index (χ1n) is 5.79. The Morgan fingerprint density at radius 2 is 1.71 bits per heavy atom. The quantitative estimate of drug-likeness (QED) is 0.773. The molecule has 0 aliphatic heterocycles. The summed E-state index contributed by atoms with van der Waals surface area (Å²) in [6, 6.07) is 0.239. The highest BCUT2D eigenvalue weighted by molar-refractivity contribution is 7.86. The molecule has 1 heterocycles. The highest BCUT2D eigenvalue weighted by Crippen LogP contribution is 2.28. The van der Waals surface area contributed by atoms with Crippen molar-refractivity contribution in [1.82, 2.24) is 9.78 Å². The lowest BCUT2D eigenvalue weighted by Crippen LogP contribution is -2.26. The normalized spacial score (nSPS) is 11.9. The van der Waals surface area contributed by atoms with Gasteiger partial charge in [0.05, 0.1) is 6.26 Å². The van der Waals surface area contributed by atoms with E-state index in [0.717, 1.165) is 13.0 Å². The smallest absolute Gasteiger partial charge is 0.377 e. The molecule has 0 fully saturated rings. The van der Waals surface area contributed by atoms with E-state index in [2.05, 4.69) is 30.1 Å². The van der Waals surface area contributed by atoms with Crippen LogP contribution in [-0.4, -0.2) is 24.5 Å². The largest absolute Gasteiger partial charge is 0.435 e. The average molecular weight is 330 g/mol. The fourth-order valence-electron chi connectivity index (χ4n) is 0.943. The second-order valence-electron chi connectivity index (χ2n) is 4.84. The van der Waals surface area contributed by atoms with Crippen LogP contribution in [0.25, 0.3) is 0 Å². The number of alkyl halides is 3. The van der Waals surface area contributed by atoms with Crippen molar-refractivity contribution in [3.63, 3.8) is 0 Å². The number of hydrogen-bond acceptors (Lipinski definition) is 5. The molecule has 1 aromatic rings. The Morgan fingerprint density at radius 3 is 2.05 bits per heavy atom. The second kappa shape index (κ2) is 6.92. The van der Waals surface area contributed by atoms with Gasteiger partial charge >= 0.3 is 21.9 Å². The van der Waals surface area contributed by atoms with Crippen molar-refractivity contribution in [3.05, 3.63) is 22.1 Å². The maximum atomic E-state index is 12.3. The number of halogens is 3. The van der Waals surface area contributed by atoms with Gasteiger partial charge in [-0.2, -0.15) is 26.7 Å². The lowest BCUT2D eigenvalue weighted by Gasteiger charge is -2.09. The molecule has 0 bridgehead atoms. The zero-order valence-electron chi connectivity index (χ0n) is 12.2. The predicted molar refractivity (Wildman–Crippen MR) is 70.5 cm³/mol. The molecule has 0 radical (unpaired) electrons. The van der Waals surface area contributed by atoms with Crippen LogP contribution in [0.1, 0.15) is 26.5 Å². The molecule has 0 saturated heterocycles. The van der Waals surface area contributed by atoms with Crippen molar-refractivity contribution in [2.75, 3.05) is 6.26 Å². The summed E-state index contributed by atoms with van der Waals surface area (Å²) in [5.41, 5.74) is -2.50. The monoisotopic (exact) mass is 330 g/mol. The minimum Gasteiger partial charge on any atom is -0.377 e. The fourth-order valence-corrected chi connectivity index (χ4v) is 1.39. The van der Waals surface area contributed by atoms with Gasteiger partial charge < -0.3 is 4.18 Å². The maximum Gasteiger partial charge on any atom is 0.435 e. The van der Waals surface area contributed by atoms with Crippen LogP contribution in [-0.2, 0) is 23.3 Å². The highest BCUT2D eigenvalue weighted by Gasteiger charge is 2.34. The number of nitrogens with zero attached hydrogens (tertiary/aromatic N) is 2. The lowest BCUT2D eigenvalue weighted by atomic mass is 10.3. The van der Waals surface area contributed by atoms with Crippen molar-refractivity contribution in [1.29, 1.82) is 0 Å². The Labute approximate surface area is 120 Å². The molecular weight excluding hydrogens is 313 g/mol. The Balaban J connectivity index is 0.000000885. The SMILES string of the molecule is CC(C)C.Cn1nc(C(F)(F)F)cc(OS(C)(=O)=O)c1=O. The number of aryl methyl sites for hydroxylation is 1. The molecule has 6 nitrogen and oxygen atoms in total. The van der Waals surface area contributed by atoms with Gasteiger partial charge in [-0.15, -0.1) is 0 Å². The van der Waals surface area contributed by atoms with E-state index in [1.165, 1.54) is 0 Å². The third kappa shape index (κ3) is 7.69. The van der Waals surface area contributed by atoms with Gasteiger partial charge in [-0.05, 0) is 5.92 Å². The van der Waals surface area contributed by atoms with Crippen LogP contribution in [0.5, 0.6) is 5.75 Å². The molecule has 21 heavy (non-hydrogen) atoms. The van der Waals surface area contributed by atoms with Crippen molar-refractivity contribution in [3.8, 4) is 5.75 Å². The zero-order valence-corrected chi connectivity index (χ0v) is 13.0. The molecule has 0 unspecified atom stereocenters. The van der Waals surface area contributed by atoms with E-state index in [-0.39, 0.29) is 6.07 Å². The van der Waals surface area contributed by atoms with Crippen LogP contribution in [0.4, 0.5) is 13.2 Å². The van der Waals surface area contributed by atoms with Crippen LogP contribution in [0.15, 0.2) is 10.9 Å². The van der Waals surface area contributed by atoms with Gasteiger partial charge in [-0.1, -0.05) is 20.8 Å². The Kier molecular flexibility index (Phi) is 6.40. The molecule has 0 aliphatic rings. The van der Waals surface area contributed by atoms with E-state index in [1.54, 1.807) is 0 Å². The molecule has 1 aromatic heterocycles. The Hall–Kier alpha value is -1.58. The summed E-state index contributed by atoms with van der Waals surface area (Å²) in [6.07, 6.45) is -4.19. The van der Waals surface area contributed by atoms with Gasteiger partial charge in [0.25, 0.3) is 0 Å². The van der Waals surface area contributed by atoms with Crippen LogP contribution >= 0.6 is 0 Å². The van der Waals surface area contributed by atoms with Crippen LogP contribution in [0, 0.1) is 5.92 Å². The van der Waals surface area contributed by atoms with Crippen molar-refractivity contribution < 1.29 is 25.8 Å². The van der Waals surface area contributed by atoms with Gasteiger partial charge in [0.1, 0.15) is 0 Å². The summed E-state index contributed by atoms with van der Waals surface area (Å²) < 4.78 is 63.0.